The van der Waals surface area contributed by atoms with E-state index in [4.69, 9.17) is 4.74 Å². The predicted molar refractivity (Wildman–Crippen MR) is 112 cm³/mol. The number of hydrogen-bond acceptors (Lipinski definition) is 4. The van der Waals surface area contributed by atoms with Crippen molar-refractivity contribution in [2.45, 2.75) is 25.8 Å². The van der Waals surface area contributed by atoms with Gasteiger partial charge in [0.2, 0.25) is 5.91 Å². The monoisotopic (exact) mass is 429 g/mol. The number of hydrazone groups is 1. The van der Waals surface area contributed by atoms with Crippen molar-refractivity contribution in [1.29, 1.82) is 0 Å². The van der Waals surface area contributed by atoms with E-state index in [-0.39, 0.29) is 37.7 Å². The molecule has 8 heteroatoms. The highest BCUT2D eigenvalue weighted by molar-refractivity contribution is 6.03. The molecule has 2 aromatic rings. The first-order chi connectivity index (χ1) is 14.9. The average molecular weight is 429 g/mol. The molecule has 0 saturated heterocycles. The molecular weight excluding hydrogens is 404 g/mol. The SMILES string of the molecule is CCC(=O)N(CCOC)CC(=O)N1N=C(c2ccc(F)cc2)C[C@@H]1c1ccccc1F. The Hall–Kier alpha value is -3.13. The van der Waals surface area contributed by atoms with Crippen LogP contribution in [0.15, 0.2) is 53.6 Å². The van der Waals surface area contributed by atoms with Gasteiger partial charge in [-0.2, -0.15) is 5.10 Å². The lowest BCUT2D eigenvalue weighted by Crippen LogP contribution is -2.42. The maximum absolute atomic E-state index is 14.6. The molecule has 164 valence electrons. The molecular formula is C23H25F2N3O3. The van der Waals surface area contributed by atoms with E-state index < -0.39 is 17.8 Å². The van der Waals surface area contributed by atoms with Crippen molar-refractivity contribution in [3.8, 4) is 0 Å². The molecule has 31 heavy (non-hydrogen) atoms. The van der Waals surface area contributed by atoms with Gasteiger partial charge in [-0.25, -0.2) is 13.8 Å². The van der Waals surface area contributed by atoms with Crippen LogP contribution in [0, 0.1) is 11.6 Å². The van der Waals surface area contributed by atoms with Crippen LogP contribution < -0.4 is 0 Å². The average Bonchev–Trinajstić information content (AvgIpc) is 3.22. The zero-order valence-corrected chi connectivity index (χ0v) is 17.6. The van der Waals surface area contributed by atoms with Crippen LogP contribution in [0.1, 0.15) is 36.9 Å². The molecule has 2 amide bonds. The fourth-order valence-electron chi connectivity index (χ4n) is 3.50. The largest absolute Gasteiger partial charge is 0.383 e. The predicted octanol–water partition coefficient (Wildman–Crippen LogP) is 3.53. The Morgan fingerprint density at radius 1 is 1.16 bits per heavy atom. The lowest BCUT2D eigenvalue weighted by atomic mass is 9.98. The van der Waals surface area contributed by atoms with E-state index in [0.29, 0.717) is 23.4 Å². The van der Waals surface area contributed by atoms with E-state index in [1.165, 1.54) is 35.2 Å². The van der Waals surface area contributed by atoms with E-state index in [2.05, 4.69) is 5.10 Å². The summed E-state index contributed by atoms with van der Waals surface area (Å²) in [5, 5.41) is 5.68. The molecule has 0 bridgehead atoms. The Labute approximate surface area is 180 Å². The van der Waals surface area contributed by atoms with E-state index in [1.807, 2.05) is 0 Å². The Bertz CT molecular complexity index is 963. The minimum atomic E-state index is -0.658. The number of rotatable bonds is 8. The summed E-state index contributed by atoms with van der Waals surface area (Å²) in [5.41, 5.74) is 1.53. The van der Waals surface area contributed by atoms with Crippen LogP contribution in [0.2, 0.25) is 0 Å². The van der Waals surface area contributed by atoms with Gasteiger partial charge in [0, 0.05) is 32.1 Å². The molecule has 1 atom stereocenters. The molecule has 1 aliphatic rings. The third kappa shape index (κ3) is 5.32. The molecule has 0 aromatic heterocycles. The number of hydrogen-bond donors (Lipinski definition) is 0. The number of halogens is 2. The summed E-state index contributed by atoms with van der Waals surface area (Å²) in [5.74, 6) is -1.44. The second-order valence-electron chi connectivity index (χ2n) is 7.19. The molecule has 0 spiro atoms. The summed E-state index contributed by atoms with van der Waals surface area (Å²) in [6.07, 6.45) is 0.524. The lowest BCUT2D eigenvalue weighted by molar-refractivity contribution is -0.142. The van der Waals surface area contributed by atoms with E-state index >= 15 is 0 Å². The number of methoxy groups -OCH3 is 1. The van der Waals surface area contributed by atoms with Crippen molar-refractivity contribution >= 4 is 17.5 Å². The first kappa shape index (κ1) is 22.6. The molecule has 0 aliphatic carbocycles. The maximum atomic E-state index is 14.6. The highest BCUT2D eigenvalue weighted by Crippen LogP contribution is 2.34. The summed E-state index contributed by atoms with van der Waals surface area (Å²) in [7, 11) is 1.52. The number of nitrogens with zero attached hydrogens (tertiary/aromatic N) is 3. The van der Waals surface area contributed by atoms with Gasteiger partial charge in [0.05, 0.1) is 18.4 Å². The summed E-state index contributed by atoms with van der Waals surface area (Å²) in [4.78, 5) is 26.8. The summed E-state index contributed by atoms with van der Waals surface area (Å²) >= 11 is 0. The van der Waals surface area contributed by atoms with Gasteiger partial charge in [0.1, 0.15) is 18.2 Å². The first-order valence-corrected chi connectivity index (χ1v) is 10.1. The normalized spacial score (nSPS) is 15.7. The second-order valence-corrected chi connectivity index (χ2v) is 7.19. The van der Waals surface area contributed by atoms with Gasteiger partial charge in [0.15, 0.2) is 0 Å². The van der Waals surface area contributed by atoms with Crippen molar-refractivity contribution < 1.29 is 23.1 Å². The van der Waals surface area contributed by atoms with Crippen molar-refractivity contribution in [3.05, 3.63) is 71.3 Å². The molecule has 1 aliphatic heterocycles. The lowest BCUT2D eigenvalue weighted by Gasteiger charge is -2.27. The third-order valence-corrected chi connectivity index (χ3v) is 5.15. The topological polar surface area (TPSA) is 62.2 Å². The summed E-state index contributed by atoms with van der Waals surface area (Å²) < 4.78 is 32.9. The molecule has 0 unspecified atom stereocenters. The van der Waals surface area contributed by atoms with Crippen LogP contribution in [0.25, 0.3) is 0 Å². The molecule has 3 rings (SSSR count). The Balaban J connectivity index is 1.91. The molecule has 1 heterocycles. The number of ether oxygens (including phenoxy) is 1. The van der Waals surface area contributed by atoms with Crippen LogP contribution in [-0.2, 0) is 14.3 Å². The highest BCUT2D eigenvalue weighted by Gasteiger charge is 2.35. The van der Waals surface area contributed by atoms with Crippen LogP contribution in [0.5, 0.6) is 0 Å². The van der Waals surface area contributed by atoms with E-state index in [0.717, 1.165) is 0 Å². The van der Waals surface area contributed by atoms with Crippen molar-refractivity contribution in [2.75, 3.05) is 26.8 Å². The van der Waals surface area contributed by atoms with Gasteiger partial charge in [-0.3, -0.25) is 9.59 Å². The minimum Gasteiger partial charge on any atom is -0.383 e. The molecule has 6 nitrogen and oxygen atoms in total. The van der Waals surface area contributed by atoms with Crippen molar-refractivity contribution in [1.82, 2.24) is 9.91 Å². The first-order valence-electron chi connectivity index (χ1n) is 10.1. The number of carbonyl (C=O) groups is 2. The smallest absolute Gasteiger partial charge is 0.262 e. The zero-order valence-electron chi connectivity index (χ0n) is 17.6. The van der Waals surface area contributed by atoms with Gasteiger partial charge < -0.3 is 9.64 Å². The molecule has 0 N–H and O–H groups in total. The standard InChI is InChI=1S/C23H25F2N3O3/c1-3-22(29)27(12-13-31-2)15-23(30)28-21(18-6-4-5-7-19(18)25)14-20(26-28)16-8-10-17(24)11-9-16/h4-11,21H,3,12-15H2,1-2H3/t21-/m1/s1. The highest BCUT2D eigenvalue weighted by atomic mass is 19.1. The Morgan fingerprint density at radius 2 is 1.87 bits per heavy atom. The minimum absolute atomic E-state index is 0.185. The van der Waals surface area contributed by atoms with Crippen LogP contribution in [-0.4, -0.2) is 54.2 Å². The number of amides is 2. The van der Waals surface area contributed by atoms with Gasteiger partial charge in [0.25, 0.3) is 5.91 Å². The summed E-state index contributed by atoms with van der Waals surface area (Å²) in [6, 6.07) is 11.3. The second kappa shape index (κ2) is 10.3. The summed E-state index contributed by atoms with van der Waals surface area (Å²) in [6.45, 7) is 2.08. The number of carbonyl (C=O) groups excluding carboxylic acids is 2. The third-order valence-electron chi connectivity index (χ3n) is 5.15. The van der Waals surface area contributed by atoms with E-state index in [1.54, 1.807) is 37.3 Å². The maximum Gasteiger partial charge on any atom is 0.262 e. The van der Waals surface area contributed by atoms with Gasteiger partial charge >= 0.3 is 0 Å². The molecule has 0 saturated carbocycles. The number of benzene rings is 2. The van der Waals surface area contributed by atoms with Gasteiger partial charge in [-0.05, 0) is 23.8 Å². The molecule has 2 aromatic carbocycles. The van der Waals surface area contributed by atoms with Crippen molar-refractivity contribution in [2.24, 2.45) is 5.10 Å². The van der Waals surface area contributed by atoms with E-state index in [9.17, 15) is 18.4 Å². The fraction of sp³-hybridized carbons (Fsp3) is 0.348. The van der Waals surface area contributed by atoms with Crippen molar-refractivity contribution in [3.63, 3.8) is 0 Å². The van der Waals surface area contributed by atoms with Crippen LogP contribution in [0.3, 0.4) is 0 Å². The van der Waals surface area contributed by atoms with Crippen LogP contribution >= 0.6 is 0 Å². The van der Waals surface area contributed by atoms with Gasteiger partial charge in [-0.15, -0.1) is 0 Å². The Morgan fingerprint density at radius 3 is 2.52 bits per heavy atom. The fourth-order valence-corrected chi connectivity index (χ4v) is 3.50. The van der Waals surface area contributed by atoms with Gasteiger partial charge in [-0.1, -0.05) is 37.3 Å². The molecule has 0 radical (unpaired) electrons. The Kier molecular flexibility index (Phi) is 7.46. The van der Waals surface area contributed by atoms with Crippen LogP contribution in [0.4, 0.5) is 8.78 Å². The zero-order chi connectivity index (χ0) is 22.4. The molecule has 0 fully saturated rings. The quantitative estimate of drug-likeness (QED) is 0.645.